The monoisotopic (exact) mass is 274 g/mol. The molecule has 1 heterocycles. The van der Waals surface area contributed by atoms with Crippen molar-refractivity contribution in [1.29, 1.82) is 0 Å². The third-order valence-corrected chi connectivity index (χ3v) is 1.73. The highest BCUT2D eigenvalue weighted by atomic mass is 79.9. The fourth-order valence-electron chi connectivity index (χ4n) is 1.01. The van der Waals surface area contributed by atoms with Gasteiger partial charge in [0, 0.05) is 20.2 Å². The van der Waals surface area contributed by atoms with Crippen LogP contribution in [0.25, 0.3) is 0 Å². The number of halogens is 1. The number of amides is 1. The number of carbonyl (C=O) groups excluding carboxylic acids is 1. The molecule has 4 nitrogen and oxygen atoms in total. The van der Waals surface area contributed by atoms with Crippen LogP contribution in [0.15, 0.2) is 24.5 Å². The maximum Gasteiger partial charge on any atom is 0.409 e. The molecule has 0 bridgehead atoms. The van der Waals surface area contributed by atoms with Crippen molar-refractivity contribution >= 4 is 6.09 Å². The molecular formula is C10H15BrN2O2. The predicted molar refractivity (Wildman–Crippen MR) is 51.5 cm³/mol. The van der Waals surface area contributed by atoms with Crippen molar-refractivity contribution in [3.05, 3.63) is 30.1 Å². The van der Waals surface area contributed by atoms with Gasteiger partial charge in [-0.05, 0) is 6.07 Å². The van der Waals surface area contributed by atoms with E-state index in [2.05, 4.69) is 0 Å². The summed E-state index contributed by atoms with van der Waals surface area (Å²) in [5.41, 5.74) is 0.977. The molecule has 5 heteroatoms. The number of hydrogen-bond donors (Lipinski definition) is 0. The SMILES string of the molecule is CN(C)C(=O)OCc1ccc[n+](C)c1.[Br-]. The zero-order valence-electron chi connectivity index (χ0n) is 9.11. The maximum absolute atomic E-state index is 11.1. The summed E-state index contributed by atoms with van der Waals surface area (Å²) in [6, 6.07) is 3.84. The maximum atomic E-state index is 11.1. The first-order valence-electron chi connectivity index (χ1n) is 4.38. The predicted octanol–water partition coefficient (Wildman–Crippen LogP) is -2.29. The highest BCUT2D eigenvalue weighted by Crippen LogP contribution is 1.98. The molecule has 84 valence electrons. The minimum absolute atomic E-state index is 0. The fraction of sp³-hybridized carbons (Fsp3) is 0.400. The van der Waals surface area contributed by atoms with Crippen LogP contribution in [-0.4, -0.2) is 25.1 Å². The quantitative estimate of drug-likeness (QED) is 0.570. The number of hydrogen-bond acceptors (Lipinski definition) is 2. The van der Waals surface area contributed by atoms with Gasteiger partial charge >= 0.3 is 6.09 Å². The molecule has 0 aliphatic carbocycles. The van der Waals surface area contributed by atoms with Crippen LogP contribution < -0.4 is 21.5 Å². The Morgan fingerprint density at radius 2 is 2.20 bits per heavy atom. The second kappa shape index (κ2) is 6.40. The van der Waals surface area contributed by atoms with Crippen molar-refractivity contribution in [2.45, 2.75) is 6.61 Å². The molecule has 1 aromatic rings. The van der Waals surface area contributed by atoms with Crippen LogP contribution in [-0.2, 0) is 18.4 Å². The van der Waals surface area contributed by atoms with Gasteiger partial charge in [-0.15, -0.1) is 0 Å². The van der Waals surface area contributed by atoms with Crippen LogP contribution in [0.2, 0.25) is 0 Å². The van der Waals surface area contributed by atoms with Crippen LogP contribution in [0.1, 0.15) is 5.56 Å². The standard InChI is InChI=1S/C10H15N2O2.BrH/c1-11(2)10(13)14-8-9-5-4-6-12(3)7-9;/h4-7H,8H2,1-3H3;1H/q+1;/p-1. The molecule has 0 aliphatic heterocycles. The minimum Gasteiger partial charge on any atom is -1.00 e. The average Bonchev–Trinajstić information content (AvgIpc) is 2.14. The number of rotatable bonds is 2. The molecule has 1 aromatic heterocycles. The molecule has 0 N–H and O–H groups in total. The van der Waals surface area contributed by atoms with E-state index in [9.17, 15) is 4.79 Å². The van der Waals surface area contributed by atoms with Crippen LogP contribution in [0, 0.1) is 0 Å². The van der Waals surface area contributed by atoms with Crippen LogP contribution in [0.4, 0.5) is 4.79 Å². The number of aryl methyl sites for hydroxylation is 1. The summed E-state index contributed by atoms with van der Waals surface area (Å²) in [7, 11) is 5.25. The zero-order chi connectivity index (χ0) is 10.6. The van der Waals surface area contributed by atoms with Gasteiger partial charge in [-0.2, -0.15) is 0 Å². The van der Waals surface area contributed by atoms with Crippen molar-refractivity contribution in [2.24, 2.45) is 7.05 Å². The molecule has 0 unspecified atom stereocenters. The van der Waals surface area contributed by atoms with Gasteiger partial charge in [-0.3, -0.25) is 0 Å². The summed E-state index contributed by atoms with van der Waals surface area (Å²) in [5.74, 6) is 0. The van der Waals surface area contributed by atoms with Gasteiger partial charge in [0.25, 0.3) is 0 Å². The Morgan fingerprint density at radius 1 is 1.53 bits per heavy atom. The average molecular weight is 275 g/mol. The van der Waals surface area contributed by atoms with E-state index in [-0.39, 0.29) is 23.1 Å². The van der Waals surface area contributed by atoms with Gasteiger partial charge < -0.3 is 26.6 Å². The lowest BCUT2D eigenvalue weighted by molar-refractivity contribution is -0.672. The summed E-state index contributed by atoms with van der Waals surface area (Å²) >= 11 is 0. The van der Waals surface area contributed by atoms with Gasteiger partial charge in [0.2, 0.25) is 0 Å². The van der Waals surface area contributed by atoms with Crippen molar-refractivity contribution in [3.63, 3.8) is 0 Å². The van der Waals surface area contributed by atoms with Crippen molar-refractivity contribution < 1.29 is 31.1 Å². The molecular weight excluding hydrogens is 260 g/mol. The van der Waals surface area contributed by atoms with E-state index in [1.54, 1.807) is 14.1 Å². The highest BCUT2D eigenvalue weighted by molar-refractivity contribution is 5.66. The summed E-state index contributed by atoms with van der Waals surface area (Å²) in [6.45, 7) is 0.311. The molecule has 0 aromatic carbocycles. The van der Waals surface area contributed by atoms with Crippen molar-refractivity contribution in [1.82, 2.24) is 4.90 Å². The first-order valence-corrected chi connectivity index (χ1v) is 4.38. The molecule has 0 saturated heterocycles. The molecule has 15 heavy (non-hydrogen) atoms. The van der Waals surface area contributed by atoms with Crippen molar-refractivity contribution in [3.8, 4) is 0 Å². The van der Waals surface area contributed by atoms with E-state index in [4.69, 9.17) is 4.74 Å². The lowest BCUT2D eigenvalue weighted by atomic mass is 10.3. The molecule has 0 aliphatic rings. The van der Waals surface area contributed by atoms with E-state index < -0.39 is 0 Å². The Bertz CT molecular complexity index is 329. The van der Waals surface area contributed by atoms with E-state index in [0.717, 1.165) is 5.56 Å². The molecule has 1 amide bonds. The molecule has 0 spiro atoms. The first kappa shape index (κ1) is 13.9. The summed E-state index contributed by atoms with van der Waals surface area (Å²) in [6.07, 6.45) is 3.52. The van der Waals surface area contributed by atoms with E-state index in [1.165, 1.54) is 4.90 Å². The minimum atomic E-state index is -0.323. The molecule has 0 atom stereocenters. The van der Waals surface area contributed by atoms with Gasteiger partial charge in [-0.1, -0.05) is 0 Å². The van der Waals surface area contributed by atoms with E-state index in [1.807, 2.05) is 36.1 Å². The number of nitrogens with zero attached hydrogens (tertiary/aromatic N) is 2. The van der Waals surface area contributed by atoms with E-state index in [0.29, 0.717) is 6.61 Å². The summed E-state index contributed by atoms with van der Waals surface area (Å²) in [4.78, 5) is 12.5. The lowest BCUT2D eigenvalue weighted by Crippen LogP contribution is -3.00. The second-order valence-electron chi connectivity index (χ2n) is 3.33. The number of aromatic nitrogens is 1. The van der Waals surface area contributed by atoms with Crippen molar-refractivity contribution in [2.75, 3.05) is 14.1 Å². The second-order valence-corrected chi connectivity index (χ2v) is 3.33. The lowest BCUT2D eigenvalue weighted by Gasteiger charge is -2.10. The third-order valence-electron chi connectivity index (χ3n) is 1.73. The summed E-state index contributed by atoms with van der Waals surface area (Å²) in [5, 5.41) is 0. The fourth-order valence-corrected chi connectivity index (χ4v) is 1.01. The Balaban J connectivity index is 0.00000196. The Kier molecular flexibility index (Phi) is 5.93. The van der Waals surface area contributed by atoms with Gasteiger partial charge in [0.1, 0.15) is 13.7 Å². The number of carbonyl (C=O) groups is 1. The Hall–Kier alpha value is -1.10. The zero-order valence-corrected chi connectivity index (χ0v) is 10.7. The number of ether oxygens (including phenoxy) is 1. The molecule has 0 saturated carbocycles. The van der Waals surface area contributed by atoms with Crippen LogP contribution in [0.3, 0.4) is 0 Å². The largest absolute Gasteiger partial charge is 1.00 e. The smallest absolute Gasteiger partial charge is 0.409 e. The van der Waals surface area contributed by atoms with E-state index >= 15 is 0 Å². The van der Waals surface area contributed by atoms with Gasteiger partial charge in [-0.25, -0.2) is 9.36 Å². The van der Waals surface area contributed by atoms with Crippen LogP contribution in [0.5, 0.6) is 0 Å². The van der Waals surface area contributed by atoms with Gasteiger partial charge in [0.05, 0.1) is 5.56 Å². The molecule has 1 rings (SSSR count). The Labute approximate surface area is 100 Å². The highest BCUT2D eigenvalue weighted by Gasteiger charge is 2.05. The first-order chi connectivity index (χ1) is 6.59. The molecule has 0 fully saturated rings. The number of pyridine rings is 1. The third kappa shape index (κ3) is 4.78. The summed E-state index contributed by atoms with van der Waals surface area (Å²) < 4.78 is 6.93. The topological polar surface area (TPSA) is 33.4 Å². The Morgan fingerprint density at radius 3 is 2.73 bits per heavy atom. The normalized spacial score (nSPS) is 9.00. The molecule has 0 radical (unpaired) electrons. The van der Waals surface area contributed by atoms with Crippen LogP contribution >= 0.6 is 0 Å². The van der Waals surface area contributed by atoms with Gasteiger partial charge in [0.15, 0.2) is 12.4 Å².